The fourth-order valence-electron chi connectivity index (χ4n) is 2.89. The Morgan fingerprint density at radius 2 is 2.21 bits per heavy atom. The summed E-state index contributed by atoms with van der Waals surface area (Å²) < 4.78 is 7.84. The van der Waals surface area contributed by atoms with Gasteiger partial charge in [0.1, 0.15) is 5.52 Å². The highest BCUT2D eigenvalue weighted by Gasteiger charge is 2.32. The first-order valence-electron chi connectivity index (χ1n) is 6.68. The number of aromatic nitrogens is 3. The molecule has 1 aliphatic heterocycles. The van der Waals surface area contributed by atoms with Crippen LogP contribution in [0.25, 0.3) is 5.52 Å². The lowest BCUT2D eigenvalue weighted by Crippen LogP contribution is -2.52. The second-order valence-corrected chi connectivity index (χ2v) is 5.94. The van der Waals surface area contributed by atoms with Gasteiger partial charge in [0.2, 0.25) is 0 Å². The molecular weight excluding hydrogens is 240 g/mol. The minimum Gasteiger partial charge on any atom is -0.369 e. The van der Waals surface area contributed by atoms with Crippen molar-refractivity contribution in [3.8, 4) is 0 Å². The van der Waals surface area contributed by atoms with E-state index in [1.807, 2.05) is 23.8 Å². The highest BCUT2D eigenvalue weighted by Crippen LogP contribution is 2.27. The quantitative estimate of drug-likeness (QED) is 0.787. The van der Waals surface area contributed by atoms with E-state index in [-0.39, 0.29) is 11.7 Å². The average molecular weight is 260 g/mol. The molecule has 0 bridgehead atoms. The van der Waals surface area contributed by atoms with Crippen LogP contribution in [0.3, 0.4) is 0 Å². The van der Waals surface area contributed by atoms with E-state index >= 15 is 0 Å². The molecule has 0 spiro atoms. The zero-order valence-corrected chi connectivity index (χ0v) is 11.9. The molecule has 1 unspecified atom stereocenters. The second kappa shape index (κ2) is 4.20. The smallest absolute Gasteiger partial charge is 0.154 e. The van der Waals surface area contributed by atoms with Crippen LogP contribution in [0.2, 0.25) is 0 Å². The van der Waals surface area contributed by atoms with Crippen LogP contribution in [0.4, 0.5) is 5.82 Å². The second-order valence-electron chi connectivity index (χ2n) is 5.94. The first-order valence-corrected chi connectivity index (χ1v) is 6.68. The Morgan fingerprint density at radius 1 is 1.42 bits per heavy atom. The molecular formula is C14H20N4O. The molecule has 0 aliphatic carbocycles. The molecule has 1 saturated heterocycles. The van der Waals surface area contributed by atoms with Gasteiger partial charge in [-0.1, -0.05) is 0 Å². The lowest BCUT2D eigenvalue weighted by molar-refractivity contribution is -0.0751. The minimum absolute atomic E-state index is 0.152. The van der Waals surface area contributed by atoms with Crippen LogP contribution in [-0.4, -0.2) is 39.4 Å². The Morgan fingerprint density at radius 3 is 2.95 bits per heavy atom. The van der Waals surface area contributed by atoms with E-state index in [9.17, 15) is 0 Å². The molecule has 2 aromatic rings. The molecule has 0 radical (unpaired) electrons. The van der Waals surface area contributed by atoms with Gasteiger partial charge in [0.05, 0.1) is 17.4 Å². The predicted octanol–water partition coefficient (Wildman–Crippen LogP) is 2.04. The predicted molar refractivity (Wildman–Crippen MR) is 74.6 cm³/mol. The number of nitrogens with zero attached hydrogens (tertiary/aromatic N) is 4. The van der Waals surface area contributed by atoms with Gasteiger partial charge < -0.3 is 9.64 Å². The van der Waals surface area contributed by atoms with E-state index in [4.69, 9.17) is 4.74 Å². The molecule has 0 N–H and O–H groups in total. The van der Waals surface area contributed by atoms with Gasteiger partial charge in [-0.15, -0.1) is 0 Å². The Kier molecular flexibility index (Phi) is 2.74. The number of anilines is 1. The van der Waals surface area contributed by atoms with E-state index in [0.29, 0.717) is 0 Å². The molecule has 1 aliphatic rings. The van der Waals surface area contributed by atoms with Crippen LogP contribution >= 0.6 is 0 Å². The number of rotatable bonds is 1. The molecule has 0 amide bonds. The Bertz CT molecular complexity index is 605. The molecule has 5 heteroatoms. The monoisotopic (exact) mass is 260 g/mol. The summed E-state index contributed by atoms with van der Waals surface area (Å²) in [4.78, 5) is 6.85. The summed E-state index contributed by atoms with van der Waals surface area (Å²) >= 11 is 0. The summed E-state index contributed by atoms with van der Waals surface area (Å²) in [6.07, 6.45) is 3.90. The maximum absolute atomic E-state index is 5.95. The highest BCUT2D eigenvalue weighted by atomic mass is 16.5. The molecule has 0 aromatic carbocycles. The van der Waals surface area contributed by atoms with Crippen molar-refractivity contribution in [2.75, 3.05) is 18.0 Å². The average Bonchev–Trinajstić information content (AvgIpc) is 2.65. The molecule has 5 nitrogen and oxygen atoms in total. The van der Waals surface area contributed by atoms with Crippen molar-refractivity contribution in [1.29, 1.82) is 0 Å². The topological polar surface area (TPSA) is 42.7 Å². The number of fused-ring (bicyclic) bond motifs is 1. The maximum Gasteiger partial charge on any atom is 0.154 e. The molecule has 1 atom stereocenters. The van der Waals surface area contributed by atoms with Gasteiger partial charge in [-0.25, -0.2) is 9.50 Å². The number of hydrogen-bond donors (Lipinski definition) is 0. The van der Waals surface area contributed by atoms with Crippen LogP contribution < -0.4 is 4.90 Å². The lowest BCUT2D eigenvalue weighted by atomic mass is 10.1. The molecule has 3 rings (SSSR count). The summed E-state index contributed by atoms with van der Waals surface area (Å²) in [6.45, 7) is 10.1. The minimum atomic E-state index is -0.152. The number of morpholine rings is 1. The standard InChI is InChI=1S/C14H20N4O/c1-10-7-12-13(15-5-6-18(12)16-10)17-8-11(2)19-14(3,4)9-17/h5-7,11H,8-9H2,1-4H3. The Hall–Kier alpha value is -1.62. The summed E-state index contributed by atoms with van der Waals surface area (Å²) in [5.74, 6) is 0.992. The van der Waals surface area contributed by atoms with Gasteiger partial charge in [-0.05, 0) is 33.8 Å². The Labute approximate surface area is 113 Å². The van der Waals surface area contributed by atoms with Crippen molar-refractivity contribution in [2.45, 2.75) is 39.4 Å². The third kappa shape index (κ3) is 2.30. The summed E-state index contributed by atoms with van der Waals surface area (Å²) in [5.41, 5.74) is 1.92. The number of hydrogen-bond acceptors (Lipinski definition) is 4. The van der Waals surface area contributed by atoms with Crippen molar-refractivity contribution >= 4 is 11.3 Å². The fourth-order valence-corrected chi connectivity index (χ4v) is 2.89. The van der Waals surface area contributed by atoms with E-state index < -0.39 is 0 Å². The first kappa shape index (κ1) is 12.4. The van der Waals surface area contributed by atoms with Crippen molar-refractivity contribution < 1.29 is 4.74 Å². The lowest BCUT2D eigenvalue weighted by Gasteiger charge is -2.42. The third-order valence-electron chi connectivity index (χ3n) is 3.36. The van der Waals surface area contributed by atoms with Crippen LogP contribution in [0, 0.1) is 6.92 Å². The van der Waals surface area contributed by atoms with Crippen molar-refractivity contribution in [3.63, 3.8) is 0 Å². The maximum atomic E-state index is 5.95. The van der Waals surface area contributed by atoms with Crippen molar-refractivity contribution in [1.82, 2.24) is 14.6 Å². The van der Waals surface area contributed by atoms with Gasteiger partial charge in [-0.3, -0.25) is 0 Å². The summed E-state index contributed by atoms with van der Waals surface area (Å²) in [7, 11) is 0. The molecule has 2 aromatic heterocycles. The number of ether oxygens (including phenoxy) is 1. The largest absolute Gasteiger partial charge is 0.369 e. The van der Waals surface area contributed by atoms with Crippen LogP contribution in [0.15, 0.2) is 18.5 Å². The van der Waals surface area contributed by atoms with E-state index in [1.165, 1.54) is 0 Å². The van der Waals surface area contributed by atoms with Gasteiger partial charge in [0, 0.05) is 25.5 Å². The molecule has 0 saturated carbocycles. The van der Waals surface area contributed by atoms with E-state index in [0.717, 1.165) is 30.1 Å². The summed E-state index contributed by atoms with van der Waals surface area (Å²) in [6, 6.07) is 2.08. The third-order valence-corrected chi connectivity index (χ3v) is 3.36. The fraction of sp³-hybridized carbons (Fsp3) is 0.571. The van der Waals surface area contributed by atoms with Gasteiger partial charge in [0.25, 0.3) is 0 Å². The molecule has 19 heavy (non-hydrogen) atoms. The van der Waals surface area contributed by atoms with Crippen molar-refractivity contribution in [2.24, 2.45) is 0 Å². The number of aryl methyl sites for hydroxylation is 1. The normalized spacial score (nSPS) is 22.9. The SMILES string of the molecule is Cc1cc2c(N3CC(C)OC(C)(C)C3)nccn2n1. The van der Waals surface area contributed by atoms with E-state index in [1.54, 1.807) is 0 Å². The Balaban J connectivity index is 2.04. The van der Waals surface area contributed by atoms with E-state index in [2.05, 4.69) is 41.8 Å². The van der Waals surface area contributed by atoms with Gasteiger partial charge in [-0.2, -0.15) is 5.10 Å². The zero-order chi connectivity index (χ0) is 13.6. The highest BCUT2D eigenvalue weighted by molar-refractivity contribution is 5.69. The van der Waals surface area contributed by atoms with Crippen molar-refractivity contribution in [3.05, 3.63) is 24.2 Å². The van der Waals surface area contributed by atoms with Gasteiger partial charge in [0.15, 0.2) is 5.82 Å². The van der Waals surface area contributed by atoms with Crippen LogP contribution in [0.1, 0.15) is 26.5 Å². The molecule has 3 heterocycles. The molecule has 1 fully saturated rings. The zero-order valence-electron chi connectivity index (χ0n) is 11.9. The first-order chi connectivity index (χ1) is 8.94. The summed E-state index contributed by atoms with van der Waals surface area (Å²) in [5, 5.41) is 4.44. The molecule has 102 valence electrons. The van der Waals surface area contributed by atoms with Gasteiger partial charge >= 0.3 is 0 Å². The van der Waals surface area contributed by atoms with Crippen LogP contribution in [0.5, 0.6) is 0 Å². The van der Waals surface area contributed by atoms with Crippen LogP contribution in [-0.2, 0) is 4.74 Å².